The molecule has 21 heavy (non-hydrogen) atoms. The highest BCUT2D eigenvalue weighted by atomic mass is 19.1. The molecule has 112 valence electrons. The number of carbonyl (C=O) groups excluding carboxylic acids is 3. The van der Waals surface area contributed by atoms with E-state index in [9.17, 15) is 18.8 Å². The van der Waals surface area contributed by atoms with Crippen molar-refractivity contribution >= 4 is 23.4 Å². The molecule has 0 aliphatic carbocycles. The third kappa shape index (κ3) is 3.63. The molecule has 0 radical (unpaired) electrons. The van der Waals surface area contributed by atoms with Crippen molar-refractivity contribution < 1.29 is 18.8 Å². The number of hydrogen-bond donors (Lipinski definition) is 2. The van der Waals surface area contributed by atoms with Crippen LogP contribution in [0.5, 0.6) is 0 Å². The third-order valence-corrected chi connectivity index (χ3v) is 3.20. The molecule has 0 saturated carbocycles. The van der Waals surface area contributed by atoms with E-state index >= 15 is 0 Å². The third-order valence-electron chi connectivity index (χ3n) is 3.20. The fourth-order valence-corrected chi connectivity index (χ4v) is 2.07. The molecule has 1 saturated heterocycles. The number of amides is 3. The molecule has 1 atom stereocenters. The van der Waals surface area contributed by atoms with Gasteiger partial charge in [-0.2, -0.15) is 0 Å². The smallest absolute Gasteiger partial charge is 0.246 e. The Morgan fingerprint density at radius 3 is 2.67 bits per heavy atom. The van der Waals surface area contributed by atoms with Gasteiger partial charge in [-0.15, -0.1) is 0 Å². The SMILES string of the molecule is CCC1NCC(=O)N(CC(=O)Nc2ccc(F)cc2)C1=O. The zero-order valence-electron chi connectivity index (χ0n) is 11.6. The lowest BCUT2D eigenvalue weighted by Gasteiger charge is -2.30. The molecule has 1 fully saturated rings. The summed E-state index contributed by atoms with van der Waals surface area (Å²) >= 11 is 0. The Morgan fingerprint density at radius 1 is 1.38 bits per heavy atom. The van der Waals surface area contributed by atoms with Crippen LogP contribution in [0.4, 0.5) is 10.1 Å². The Labute approximate surface area is 121 Å². The second-order valence-corrected chi connectivity index (χ2v) is 4.71. The second-order valence-electron chi connectivity index (χ2n) is 4.71. The molecule has 0 aromatic heterocycles. The van der Waals surface area contributed by atoms with Crippen molar-refractivity contribution in [3.63, 3.8) is 0 Å². The van der Waals surface area contributed by atoms with E-state index in [0.717, 1.165) is 4.90 Å². The normalized spacial score (nSPS) is 18.8. The average Bonchev–Trinajstić information content (AvgIpc) is 2.46. The average molecular weight is 293 g/mol. The standard InChI is InChI=1S/C14H16FN3O3/c1-2-11-14(21)18(13(20)7-16-11)8-12(19)17-10-5-3-9(15)4-6-10/h3-6,11,16H,2,7-8H2,1H3,(H,17,19). The van der Waals surface area contributed by atoms with Crippen molar-refractivity contribution in [3.8, 4) is 0 Å². The molecule has 7 heteroatoms. The van der Waals surface area contributed by atoms with Crippen LogP contribution in [0.15, 0.2) is 24.3 Å². The van der Waals surface area contributed by atoms with Gasteiger partial charge in [-0.1, -0.05) is 6.92 Å². The van der Waals surface area contributed by atoms with E-state index in [0.29, 0.717) is 12.1 Å². The van der Waals surface area contributed by atoms with Crippen LogP contribution in [-0.4, -0.2) is 41.8 Å². The second kappa shape index (κ2) is 6.45. The predicted octanol–water partition coefficient (Wildman–Crippen LogP) is 0.501. The van der Waals surface area contributed by atoms with E-state index in [1.54, 1.807) is 0 Å². The zero-order chi connectivity index (χ0) is 15.4. The van der Waals surface area contributed by atoms with Crippen molar-refractivity contribution in [2.75, 3.05) is 18.4 Å². The molecule has 1 unspecified atom stereocenters. The van der Waals surface area contributed by atoms with Crippen molar-refractivity contribution in [2.24, 2.45) is 0 Å². The Morgan fingerprint density at radius 2 is 2.05 bits per heavy atom. The Hall–Kier alpha value is -2.28. The number of benzene rings is 1. The Balaban J connectivity index is 1.99. The van der Waals surface area contributed by atoms with Crippen LogP contribution < -0.4 is 10.6 Å². The highest BCUT2D eigenvalue weighted by Gasteiger charge is 2.33. The molecule has 0 spiro atoms. The van der Waals surface area contributed by atoms with E-state index in [1.807, 2.05) is 6.92 Å². The largest absolute Gasteiger partial charge is 0.325 e. The van der Waals surface area contributed by atoms with Gasteiger partial charge in [-0.05, 0) is 30.7 Å². The summed E-state index contributed by atoms with van der Waals surface area (Å²) in [5.41, 5.74) is 0.406. The van der Waals surface area contributed by atoms with Gasteiger partial charge in [0, 0.05) is 5.69 Å². The lowest BCUT2D eigenvalue weighted by molar-refractivity contribution is -0.151. The van der Waals surface area contributed by atoms with E-state index in [1.165, 1.54) is 24.3 Å². The first-order valence-electron chi connectivity index (χ1n) is 6.64. The maximum Gasteiger partial charge on any atom is 0.246 e. The Bertz CT molecular complexity index is 559. The molecule has 1 aromatic carbocycles. The summed E-state index contributed by atoms with van der Waals surface area (Å²) in [7, 11) is 0. The molecular weight excluding hydrogens is 277 g/mol. The lowest BCUT2D eigenvalue weighted by atomic mass is 10.1. The first-order valence-corrected chi connectivity index (χ1v) is 6.64. The highest BCUT2D eigenvalue weighted by molar-refractivity contribution is 6.05. The lowest BCUT2D eigenvalue weighted by Crippen LogP contribution is -2.59. The molecule has 1 heterocycles. The van der Waals surface area contributed by atoms with Crippen LogP contribution in [-0.2, 0) is 14.4 Å². The molecule has 2 rings (SSSR count). The number of anilines is 1. The number of carbonyl (C=O) groups is 3. The molecule has 2 N–H and O–H groups in total. The summed E-state index contributed by atoms with van der Waals surface area (Å²) < 4.78 is 12.8. The molecular formula is C14H16FN3O3. The van der Waals surface area contributed by atoms with Crippen LogP contribution in [0.25, 0.3) is 0 Å². The molecule has 6 nitrogen and oxygen atoms in total. The van der Waals surface area contributed by atoms with Crippen LogP contribution in [0.3, 0.4) is 0 Å². The van der Waals surface area contributed by atoms with Crippen molar-refractivity contribution in [1.29, 1.82) is 0 Å². The molecule has 0 bridgehead atoms. The number of nitrogens with zero attached hydrogens (tertiary/aromatic N) is 1. The van der Waals surface area contributed by atoms with Crippen molar-refractivity contribution in [1.82, 2.24) is 10.2 Å². The summed E-state index contributed by atoms with van der Waals surface area (Å²) in [4.78, 5) is 36.6. The fourth-order valence-electron chi connectivity index (χ4n) is 2.07. The van der Waals surface area contributed by atoms with Crippen molar-refractivity contribution in [3.05, 3.63) is 30.1 Å². The van der Waals surface area contributed by atoms with E-state index < -0.39 is 29.6 Å². The van der Waals surface area contributed by atoms with Gasteiger partial charge in [0.15, 0.2) is 0 Å². The van der Waals surface area contributed by atoms with Gasteiger partial charge in [0.25, 0.3) is 0 Å². The highest BCUT2D eigenvalue weighted by Crippen LogP contribution is 2.10. The summed E-state index contributed by atoms with van der Waals surface area (Å²) in [5.74, 6) is -1.74. The van der Waals surface area contributed by atoms with Gasteiger partial charge in [-0.25, -0.2) is 4.39 Å². The number of piperazine rings is 1. The molecule has 1 aliphatic heterocycles. The fraction of sp³-hybridized carbons (Fsp3) is 0.357. The quantitative estimate of drug-likeness (QED) is 0.793. The maximum absolute atomic E-state index is 12.8. The van der Waals surface area contributed by atoms with Crippen molar-refractivity contribution in [2.45, 2.75) is 19.4 Å². The molecule has 1 aliphatic rings. The van der Waals surface area contributed by atoms with Gasteiger partial charge in [0.05, 0.1) is 12.6 Å². The minimum atomic E-state index is -0.500. The minimum absolute atomic E-state index is 0.0358. The van der Waals surface area contributed by atoms with Crippen LogP contribution in [0.2, 0.25) is 0 Å². The molecule has 3 amide bonds. The van der Waals surface area contributed by atoms with Gasteiger partial charge < -0.3 is 5.32 Å². The first kappa shape index (κ1) is 15.1. The number of hydrogen-bond acceptors (Lipinski definition) is 4. The van der Waals surface area contributed by atoms with Crippen LogP contribution >= 0.6 is 0 Å². The van der Waals surface area contributed by atoms with Gasteiger partial charge >= 0.3 is 0 Å². The number of imide groups is 1. The maximum atomic E-state index is 12.8. The van der Waals surface area contributed by atoms with E-state index in [-0.39, 0.29) is 13.1 Å². The number of halogens is 1. The summed E-state index contributed by atoms with van der Waals surface area (Å²) in [5, 5.41) is 5.33. The van der Waals surface area contributed by atoms with Crippen LogP contribution in [0, 0.1) is 5.82 Å². The zero-order valence-corrected chi connectivity index (χ0v) is 11.6. The summed E-state index contributed by atoms with van der Waals surface area (Å²) in [6.45, 7) is 1.52. The minimum Gasteiger partial charge on any atom is -0.325 e. The van der Waals surface area contributed by atoms with Gasteiger partial charge in [0.1, 0.15) is 12.4 Å². The summed E-state index contributed by atoms with van der Waals surface area (Å²) in [6.07, 6.45) is 0.544. The predicted molar refractivity (Wildman–Crippen MR) is 73.8 cm³/mol. The van der Waals surface area contributed by atoms with E-state index in [2.05, 4.69) is 10.6 Å². The topological polar surface area (TPSA) is 78.5 Å². The Kier molecular flexibility index (Phi) is 4.64. The first-order chi connectivity index (χ1) is 10.0. The molecule has 1 aromatic rings. The number of rotatable bonds is 4. The number of nitrogens with one attached hydrogen (secondary N) is 2. The van der Waals surface area contributed by atoms with Crippen LogP contribution in [0.1, 0.15) is 13.3 Å². The van der Waals surface area contributed by atoms with Gasteiger partial charge in [0.2, 0.25) is 17.7 Å². The van der Waals surface area contributed by atoms with Gasteiger partial charge in [-0.3, -0.25) is 24.6 Å². The summed E-state index contributed by atoms with van der Waals surface area (Å²) in [6, 6.07) is 4.79. The monoisotopic (exact) mass is 293 g/mol. The van der Waals surface area contributed by atoms with E-state index in [4.69, 9.17) is 0 Å².